The molecule has 0 amide bonds. The minimum Gasteiger partial charge on any atom is -0.276 e. The number of nitrogens with zero attached hydrogens (tertiary/aromatic N) is 4. The molecule has 0 atom stereocenters. The van der Waals surface area contributed by atoms with Gasteiger partial charge in [0.2, 0.25) is 0 Å². The Morgan fingerprint density at radius 2 is 1.79 bits per heavy atom. The first-order valence-electron chi connectivity index (χ1n) is 7.44. The Morgan fingerprint density at radius 1 is 1.08 bits per heavy atom. The van der Waals surface area contributed by atoms with Crippen LogP contribution in [0.5, 0.6) is 0 Å². The summed E-state index contributed by atoms with van der Waals surface area (Å²) >= 11 is 0. The number of rotatable bonds is 5. The fraction of sp³-hybridized carbons (Fsp3) is 0.250. The molecule has 3 aromatic rings. The molecule has 2 aromatic heterocycles. The summed E-state index contributed by atoms with van der Waals surface area (Å²) in [4.78, 5) is 0.163. The molecule has 0 radical (unpaired) electrons. The van der Waals surface area contributed by atoms with Crippen molar-refractivity contribution in [3.8, 4) is 0 Å². The van der Waals surface area contributed by atoms with E-state index in [-0.39, 0.29) is 4.90 Å². The molecule has 0 aliphatic heterocycles. The number of hydrogen-bond donors (Lipinski definition) is 1. The van der Waals surface area contributed by atoms with Gasteiger partial charge in [0.15, 0.2) is 0 Å². The van der Waals surface area contributed by atoms with Gasteiger partial charge in [0.05, 0.1) is 30.3 Å². The Kier molecular flexibility index (Phi) is 4.15. The predicted octanol–water partition coefficient (Wildman–Crippen LogP) is 2.08. The van der Waals surface area contributed by atoms with E-state index in [1.54, 1.807) is 24.9 Å². The van der Waals surface area contributed by atoms with Crippen LogP contribution in [0.15, 0.2) is 47.8 Å². The molecule has 0 bridgehead atoms. The summed E-state index contributed by atoms with van der Waals surface area (Å²) in [5.41, 5.74) is 3.29. The number of aromatic nitrogens is 4. The second-order valence-corrected chi connectivity index (χ2v) is 7.39. The Hall–Kier alpha value is -2.61. The maximum Gasteiger partial charge on any atom is 0.265 e. The van der Waals surface area contributed by atoms with Crippen LogP contribution in [-0.4, -0.2) is 28.0 Å². The van der Waals surface area contributed by atoms with E-state index >= 15 is 0 Å². The zero-order valence-electron chi connectivity index (χ0n) is 13.8. The van der Waals surface area contributed by atoms with Crippen molar-refractivity contribution in [2.75, 3.05) is 4.72 Å². The van der Waals surface area contributed by atoms with Crippen molar-refractivity contribution in [1.82, 2.24) is 19.6 Å². The highest BCUT2D eigenvalue weighted by molar-refractivity contribution is 7.92. The maximum absolute atomic E-state index is 12.4. The first-order valence-corrected chi connectivity index (χ1v) is 8.93. The highest BCUT2D eigenvalue weighted by atomic mass is 32.2. The molecule has 126 valence electrons. The summed E-state index contributed by atoms with van der Waals surface area (Å²) in [6.07, 6.45) is 4.51. The molecule has 1 N–H and O–H groups in total. The fourth-order valence-electron chi connectivity index (χ4n) is 2.34. The number of benzene rings is 1. The summed E-state index contributed by atoms with van der Waals surface area (Å²) in [6.45, 7) is 4.32. The van der Waals surface area contributed by atoms with Crippen molar-refractivity contribution in [3.05, 3.63) is 59.7 Å². The van der Waals surface area contributed by atoms with E-state index in [1.165, 1.54) is 22.6 Å². The molecule has 0 aliphatic carbocycles. The average molecular weight is 345 g/mol. The maximum atomic E-state index is 12.4. The van der Waals surface area contributed by atoms with Gasteiger partial charge in [-0.25, -0.2) is 8.42 Å². The highest BCUT2D eigenvalue weighted by Crippen LogP contribution is 2.18. The van der Waals surface area contributed by atoms with Crippen molar-refractivity contribution in [2.24, 2.45) is 7.05 Å². The number of anilines is 1. The first-order chi connectivity index (χ1) is 11.3. The molecule has 24 heavy (non-hydrogen) atoms. The van der Waals surface area contributed by atoms with E-state index in [1.807, 2.05) is 31.2 Å². The molecule has 7 nitrogen and oxygen atoms in total. The quantitative estimate of drug-likeness (QED) is 0.767. The van der Waals surface area contributed by atoms with Gasteiger partial charge < -0.3 is 0 Å². The minimum atomic E-state index is -3.67. The van der Waals surface area contributed by atoms with Gasteiger partial charge in [-0.15, -0.1) is 0 Å². The lowest BCUT2D eigenvalue weighted by atomic mass is 10.1. The monoisotopic (exact) mass is 345 g/mol. The summed E-state index contributed by atoms with van der Waals surface area (Å²) in [5.74, 6) is 0. The molecule has 0 saturated heterocycles. The van der Waals surface area contributed by atoms with Gasteiger partial charge in [0, 0.05) is 13.2 Å². The summed E-state index contributed by atoms with van der Waals surface area (Å²) < 4.78 is 30.6. The van der Waals surface area contributed by atoms with E-state index < -0.39 is 10.0 Å². The number of sulfonamides is 1. The Bertz CT molecular complexity index is 955. The minimum absolute atomic E-state index is 0.163. The van der Waals surface area contributed by atoms with Crippen molar-refractivity contribution < 1.29 is 8.42 Å². The molecule has 2 heterocycles. The highest BCUT2D eigenvalue weighted by Gasteiger charge is 2.20. The average Bonchev–Trinajstić information content (AvgIpc) is 3.09. The van der Waals surface area contributed by atoms with Gasteiger partial charge in [-0.2, -0.15) is 10.2 Å². The second kappa shape index (κ2) is 6.12. The van der Waals surface area contributed by atoms with Gasteiger partial charge in [-0.05, 0) is 19.4 Å². The largest absolute Gasteiger partial charge is 0.276 e. The molecule has 0 fully saturated rings. The van der Waals surface area contributed by atoms with E-state index in [9.17, 15) is 8.42 Å². The third-order valence-electron chi connectivity index (χ3n) is 3.83. The molecule has 3 rings (SSSR count). The Balaban J connectivity index is 1.76. The summed E-state index contributed by atoms with van der Waals surface area (Å²) in [6, 6.07) is 8.13. The molecular formula is C16H19N5O2S. The smallest absolute Gasteiger partial charge is 0.265 e. The van der Waals surface area contributed by atoms with Crippen LogP contribution >= 0.6 is 0 Å². The van der Waals surface area contributed by atoms with Gasteiger partial charge in [0.1, 0.15) is 4.90 Å². The lowest BCUT2D eigenvalue weighted by Gasteiger charge is -2.05. The molecule has 8 heteroatoms. The third-order valence-corrected chi connectivity index (χ3v) is 5.31. The lowest BCUT2D eigenvalue weighted by molar-refractivity contribution is 0.600. The zero-order chi connectivity index (χ0) is 17.3. The predicted molar refractivity (Wildman–Crippen MR) is 91.3 cm³/mol. The molecule has 0 unspecified atom stereocenters. The molecule has 0 saturated carbocycles. The van der Waals surface area contributed by atoms with E-state index in [2.05, 4.69) is 14.9 Å². The zero-order valence-corrected chi connectivity index (χ0v) is 14.6. The van der Waals surface area contributed by atoms with Gasteiger partial charge in [-0.3, -0.25) is 14.1 Å². The summed E-state index contributed by atoms with van der Waals surface area (Å²) in [5, 5.41) is 8.18. The van der Waals surface area contributed by atoms with E-state index in [0.717, 1.165) is 5.56 Å². The number of hydrogen-bond acceptors (Lipinski definition) is 4. The second-order valence-electron chi connectivity index (χ2n) is 5.74. The Morgan fingerprint density at radius 3 is 2.42 bits per heavy atom. The van der Waals surface area contributed by atoms with Crippen LogP contribution in [0.3, 0.4) is 0 Å². The van der Waals surface area contributed by atoms with Crippen LogP contribution < -0.4 is 4.72 Å². The van der Waals surface area contributed by atoms with Gasteiger partial charge in [-0.1, -0.05) is 29.8 Å². The topological polar surface area (TPSA) is 81.8 Å². The van der Waals surface area contributed by atoms with Crippen LogP contribution in [0.2, 0.25) is 0 Å². The van der Waals surface area contributed by atoms with E-state index in [4.69, 9.17) is 0 Å². The number of aryl methyl sites for hydroxylation is 2. The van der Waals surface area contributed by atoms with Crippen LogP contribution in [0, 0.1) is 13.8 Å². The van der Waals surface area contributed by atoms with Crippen molar-refractivity contribution in [3.63, 3.8) is 0 Å². The van der Waals surface area contributed by atoms with Crippen molar-refractivity contribution in [1.29, 1.82) is 0 Å². The third kappa shape index (κ3) is 3.33. The summed E-state index contributed by atoms with van der Waals surface area (Å²) in [7, 11) is -1.97. The van der Waals surface area contributed by atoms with Crippen LogP contribution in [0.4, 0.5) is 5.69 Å². The van der Waals surface area contributed by atoms with Gasteiger partial charge >= 0.3 is 0 Å². The normalized spacial score (nSPS) is 11.6. The first kappa shape index (κ1) is 16.3. The molecule has 0 spiro atoms. The van der Waals surface area contributed by atoms with Crippen LogP contribution in [0.1, 0.15) is 16.8 Å². The molecule has 1 aromatic carbocycles. The van der Waals surface area contributed by atoms with Crippen LogP contribution in [0.25, 0.3) is 0 Å². The molecule has 0 aliphatic rings. The molecular weight excluding hydrogens is 326 g/mol. The van der Waals surface area contributed by atoms with Gasteiger partial charge in [0.25, 0.3) is 10.0 Å². The number of nitrogens with one attached hydrogen (secondary N) is 1. The van der Waals surface area contributed by atoms with E-state index in [0.29, 0.717) is 17.9 Å². The van der Waals surface area contributed by atoms with Crippen LogP contribution in [-0.2, 0) is 23.6 Å². The fourth-order valence-corrected chi connectivity index (χ4v) is 3.57. The van der Waals surface area contributed by atoms with Crippen molar-refractivity contribution >= 4 is 15.7 Å². The standard InChI is InChI=1S/C16H19N5O2S/c1-12-4-6-14(7-5-12)10-21-11-15(8-18-21)19-24(22,23)16-9-17-20(3)13(16)2/h4-9,11,19H,10H2,1-3H3. The lowest BCUT2D eigenvalue weighted by Crippen LogP contribution is -2.13. The Labute approximate surface area is 141 Å². The van der Waals surface area contributed by atoms with Crippen molar-refractivity contribution in [2.45, 2.75) is 25.3 Å². The SMILES string of the molecule is Cc1ccc(Cn2cc(NS(=O)(=O)c3cnn(C)c3C)cn2)cc1.